The zero-order valence-corrected chi connectivity index (χ0v) is 18.2. The molecule has 0 amide bonds. The first kappa shape index (κ1) is 21.9. The van der Waals surface area contributed by atoms with Gasteiger partial charge in [-0.25, -0.2) is 9.18 Å². The van der Waals surface area contributed by atoms with Crippen molar-refractivity contribution in [2.75, 3.05) is 7.11 Å². The minimum atomic E-state index is -1.04. The van der Waals surface area contributed by atoms with Gasteiger partial charge in [-0.1, -0.05) is 35.9 Å². The second kappa shape index (κ2) is 9.42. The number of benzene rings is 3. The van der Waals surface area contributed by atoms with Crippen molar-refractivity contribution in [1.29, 1.82) is 0 Å². The summed E-state index contributed by atoms with van der Waals surface area (Å²) in [7, 11) is 1.56. The van der Waals surface area contributed by atoms with Crippen LogP contribution in [0.4, 0.5) is 4.39 Å². The molecule has 0 saturated carbocycles. The van der Waals surface area contributed by atoms with Gasteiger partial charge in [0, 0.05) is 41.7 Å². The van der Waals surface area contributed by atoms with Gasteiger partial charge in [-0.15, -0.1) is 0 Å². The van der Waals surface area contributed by atoms with Gasteiger partial charge in [-0.05, 0) is 47.5 Å². The largest absolute Gasteiger partial charge is 0.497 e. The van der Waals surface area contributed by atoms with Crippen molar-refractivity contribution in [2.24, 2.45) is 0 Å². The molecule has 4 rings (SSSR count). The van der Waals surface area contributed by atoms with Gasteiger partial charge in [0.25, 0.3) is 0 Å². The van der Waals surface area contributed by atoms with Crippen LogP contribution in [0, 0.1) is 5.82 Å². The van der Waals surface area contributed by atoms with Gasteiger partial charge in [0.2, 0.25) is 0 Å². The van der Waals surface area contributed by atoms with E-state index in [9.17, 15) is 14.3 Å². The number of hydrogen-bond donors (Lipinski definition) is 2. The lowest BCUT2D eigenvalue weighted by atomic mass is 10.1. The Morgan fingerprint density at radius 2 is 1.84 bits per heavy atom. The van der Waals surface area contributed by atoms with Gasteiger partial charge < -0.3 is 19.7 Å². The maximum absolute atomic E-state index is 13.8. The molecule has 1 aromatic heterocycles. The summed E-state index contributed by atoms with van der Waals surface area (Å²) in [6, 6.07) is 19.1. The molecule has 0 bridgehead atoms. The van der Waals surface area contributed by atoms with E-state index in [4.69, 9.17) is 16.3 Å². The molecule has 2 N–H and O–H groups in total. The van der Waals surface area contributed by atoms with Crippen LogP contribution in [0.2, 0.25) is 5.02 Å². The second-order valence-corrected chi connectivity index (χ2v) is 7.90. The van der Waals surface area contributed by atoms with Gasteiger partial charge in [-0.2, -0.15) is 0 Å². The number of nitrogens with one attached hydrogen (secondary N) is 1. The normalized spacial score (nSPS) is 11.1. The van der Waals surface area contributed by atoms with Crippen LogP contribution in [-0.2, 0) is 19.6 Å². The molecule has 0 aliphatic heterocycles. The van der Waals surface area contributed by atoms with Gasteiger partial charge in [-0.3, -0.25) is 0 Å². The smallest absolute Gasteiger partial charge is 0.352 e. The highest BCUT2D eigenvalue weighted by molar-refractivity contribution is 6.30. The van der Waals surface area contributed by atoms with Crippen molar-refractivity contribution in [2.45, 2.75) is 19.6 Å². The monoisotopic (exact) mass is 452 g/mol. The van der Waals surface area contributed by atoms with E-state index in [0.29, 0.717) is 40.5 Å². The van der Waals surface area contributed by atoms with Gasteiger partial charge in [0.1, 0.15) is 17.3 Å². The number of hydrogen-bond acceptors (Lipinski definition) is 3. The van der Waals surface area contributed by atoms with Gasteiger partial charge >= 0.3 is 5.97 Å². The summed E-state index contributed by atoms with van der Waals surface area (Å²) in [5.41, 5.74) is 3.26. The van der Waals surface area contributed by atoms with Crippen molar-refractivity contribution in [3.63, 3.8) is 0 Å². The lowest BCUT2D eigenvalue weighted by Gasteiger charge is -2.10. The van der Waals surface area contributed by atoms with E-state index in [1.54, 1.807) is 23.8 Å². The molecule has 0 aliphatic carbocycles. The molecule has 0 atom stereocenters. The van der Waals surface area contributed by atoms with Crippen molar-refractivity contribution in [3.05, 3.63) is 100.0 Å². The summed E-state index contributed by atoms with van der Waals surface area (Å²) in [5, 5.41) is 14.9. The number of methoxy groups -OCH3 is 1. The first-order valence-electron chi connectivity index (χ1n) is 10.1. The molecule has 0 unspecified atom stereocenters. The number of carboxylic acids is 1. The van der Waals surface area contributed by atoms with E-state index in [1.165, 1.54) is 12.1 Å². The Balaban J connectivity index is 1.74. The van der Waals surface area contributed by atoms with Crippen molar-refractivity contribution in [1.82, 2.24) is 9.88 Å². The van der Waals surface area contributed by atoms with Crippen LogP contribution >= 0.6 is 11.6 Å². The molecule has 5 nitrogen and oxygen atoms in total. The maximum atomic E-state index is 13.8. The fraction of sp³-hybridized carbons (Fsp3) is 0.160. The minimum Gasteiger partial charge on any atom is -0.497 e. The zero-order valence-electron chi connectivity index (χ0n) is 17.4. The molecular weight excluding hydrogens is 431 g/mol. The zero-order chi connectivity index (χ0) is 22.7. The highest BCUT2D eigenvalue weighted by Crippen LogP contribution is 2.31. The number of aromatic carboxylic acids is 1. The molecule has 0 spiro atoms. The first-order chi connectivity index (χ1) is 15.5. The number of halogens is 2. The fourth-order valence-corrected chi connectivity index (χ4v) is 3.99. The summed E-state index contributed by atoms with van der Waals surface area (Å²) >= 11 is 5.94. The lowest BCUT2D eigenvalue weighted by Crippen LogP contribution is -2.17. The second-order valence-electron chi connectivity index (χ2n) is 7.46. The number of ether oxygens (including phenoxy) is 1. The fourth-order valence-electron chi connectivity index (χ4n) is 3.87. The molecule has 3 aromatic carbocycles. The van der Waals surface area contributed by atoms with Crippen LogP contribution in [0.15, 0.2) is 66.7 Å². The Kier molecular flexibility index (Phi) is 6.44. The Morgan fingerprint density at radius 1 is 1.06 bits per heavy atom. The average molecular weight is 453 g/mol. The van der Waals surface area contributed by atoms with E-state index in [0.717, 1.165) is 10.9 Å². The minimum absolute atomic E-state index is 0.168. The molecule has 1 heterocycles. The van der Waals surface area contributed by atoms with Crippen LogP contribution in [0.25, 0.3) is 10.9 Å². The SMILES string of the molecule is COc1ccc2c(CNCc3ccc(Cl)cc3)c(C(=O)O)n(Cc3cccc(F)c3)c2c1. The third kappa shape index (κ3) is 4.61. The van der Waals surface area contributed by atoms with Crippen LogP contribution in [0.5, 0.6) is 5.75 Å². The third-order valence-electron chi connectivity index (χ3n) is 5.35. The van der Waals surface area contributed by atoms with Crippen LogP contribution in [-0.4, -0.2) is 22.8 Å². The Labute approximate surface area is 190 Å². The predicted octanol–water partition coefficient (Wildman–Crippen LogP) is 5.48. The molecule has 32 heavy (non-hydrogen) atoms. The third-order valence-corrected chi connectivity index (χ3v) is 5.61. The standard InChI is InChI=1S/C25H22ClFN2O3/c1-32-20-9-10-21-22(14-28-13-16-5-7-18(26)8-6-16)24(25(30)31)29(23(21)12-20)15-17-3-2-4-19(27)11-17/h2-12,28H,13-15H2,1H3,(H,30,31). The highest BCUT2D eigenvalue weighted by Gasteiger charge is 2.23. The summed E-state index contributed by atoms with van der Waals surface area (Å²) in [6.07, 6.45) is 0. The molecule has 7 heteroatoms. The van der Waals surface area contributed by atoms with E-state index in [2.05, 4.69) is 5.32 Å². The number of nitrogens with zero attached hydrogens (tertiary/aromatic N) is 1. The van der Waals surface area contributed by atoms with Gasteiger partial charge in [0.05, 0.1) is 12.6 Å². The van der Waals surface area contributed by atoms with Crippen molar-refractivity contribution >= 4 is 28.5 Å². The topological polar surface area (TPSA) is 63.5 Å². The Bertz CT molecular complexity index is 1270. The Hall–Kier alpha value is -3.35. The van der Waals surface area contributed by atoms with E-state index in [-0.39, 0.29) is 18.1 Å². The van der Waals surface area contributed by atoms with Crippen LogP contribution in [0.1, 0.15) is 27.2 Å². The quantitative estimate of drug-likeness (QED) is 0.371. The van der Waals surface area contributed by atoms with Crippen molar-refractivity contribution < 1.29 is 19.0 Å². The maximum Gasteiger partial charge on any atom is 0.352 e. The molecule has 0 aliphatic rings. The number of rotatable bonds is 8. The molecule has 164 valence electrons. The molecular formula is C25H22ClFN2O3. The van der Waals surface area contributed by atoms with E-state index >= 15 is 0 Å². The average Bonchev–Trinajstić information content (AvgIpc) is 3.08. The van der Waals surface area contributed by atoms with Gasteiger partial charge in [0.15, 0.2) is 0 Å². The van der Waals surface area contributed by atoms with Crippen LogP contribution < -0.4 is 10.1 Å². The number of carboxylic acid groups (broad SMARTS) is 1. The first-order valence-corrected chi connectivity index (χ1v) is 10.5. The summed E-state index contributed by atoms with van der Waals surface area (Å²) in [5.74, 6) is -0.786. The van der Waals surface area contributed by atoms with E-state index < -0.39 is 5.97 Å². The highest BCUT2D eigenvalue weighted by atomic mass is 35.5. The molecule has 0 saturated heterocycles. The summed E-state index contributed by atoms with van der Waals surface area (Å²) < 4.78 is 20.8. The van der Waals surface area contributed by atoms with Crippen molar-refractivity contribution in [3.8, 4) is 5.75 Å². The summed E-state index contributed by atoms with van der Waals surface area (Å²) in [4.78, 5) is 12.3. The number of fused-ring (bicyclic) bond motifs is 1. The van der Waals surface area contributed by atoms with Crippen LogP contribution in [0.3, 0.4) is 0 Å². The summed E-state index contributed by atoms with van der Waals surface area (Å²) in [6.45, 7) is 1.13. The number of aromatic nitrogens is 1. The number of carbonyl (C=O) groups is 1. The van der Waals surface area contributed by atoms with E-state index in [1.807, 2.05) is 42.5 Å². The molecule has 4 aromatic rings. The Morgan fingerprint density at radius 3 is 2.53 bits per heavy atom. The molecule has 0 radical (unpaired) electrons. The lowest BCUT2D eigenvalue weighted by molar-refractivity contribution is 0.0684. The predicted molar refractivity (Wildman–Crippen MR) is 123 cm³/mol. The molecule has 0 fully saturated rings.